The van der Waals surface area contributed by atoms with Crippen LogP contribution in [0.4, 0.5) is 23.8 Å². The molecule has 5 rings (SSSR count). The van der Waals surface area contributed by atoms with E-state index in [4.69, 9.17) is 21.1 Å². The fourth-order valence-electron chi connectivity index (χ4n) is 5.76. The van der Waals surface area contributed by atoms with Crippen molar-refractivity contribution in [1.29, 1.82) is 0 Å². The summed E-state index contributed by atoms with van der Waals surface area (Å²) < 4.78 is 54.6. The Hall–Kier alpha value is -3.72. The number of nitrogens with zero attached hydrogens (tertiary/aromatic N) is 5. The highest BCUT2D eigenvalue weighted by Gasteiger charge is 2.62. The lowest BCUT2D eigenvalue weighted by molar-refractivity contribution is -0.190. The first-order valence-electron chi connectivity index (χ1n) is 18.1. The van der Waals surface area contributed by atoms with Gasteiger partial charge in [-0.25, -0.2) is 19.4 Å². The molecule has 0 spiro atoms. The van der Waals surface area contributed by atoms with Gasteiger partial charge in [-0.2, -0.15) is 13.2 Å². The van der Waals surface area contributed by atoms with Gasteiger partial charge in [0.15, 0.2) is 5.82 Å². The van der Waals surface area contributed by atoms with Crippen molar-refractivity contribution in [2.75, 3.05) is 25.0 Å². The fraction of sp³-hybridized carbons (Fsp3) is 0.595. The number of aromatic nitrogens is 4. The monoisotopic (exact) mass is 783 g/mol. The molecule has 294 valence electrons. The highest BCUT2D eigenvalue weighted by atomic mass is 35.5. The zero-order chi connectivity index (χ0) is 39.6. The van der Waals surface area contributed by atoms with E-state index in [1.807, 2.05) is 65.5 Å². The summed E-state index contributed by atoms with van der Waals surface area (Å²) in [7, 11) is 0. The van der Waals surface area contributed by atoms with Crippen LogP contribution in [0.5, 0.6) is 5.88 Å². The summed E-state index contributed by atoms with van der Waals surface area (Å²) in [6.07, 6.45) is -1.15. The molecule has 11 nitrogen and oxygen atoms in total. The third-order valence-corrected chi connectivity index (χ3v) is 9.58. The number of nitrogens with one attached hydrogen (secondary N) is 2. The summed E-state index contributed by atoms with van der Waals surface area (Å²) in [4.78, 5) is 36.3. The van der Waals surface area contributed by atoms with Crippen LogP contribution in [-0.4, -0.2) is 73.7 Å². The van der Waals surface area contributed by atoms with E-state index in [2.05, 4.69) is 39.0 Å². The van der Waals surface area contributed by atoms with Gasteiger partial charge in [0.05, 0.1) is 17.6 Å². The molecular weight excluding hydrogens is 731 g/mol. The molecule has 2 aliphatic rings. The van der Waals surface area contributed by atoms with E-state index in [1.54, 1.807) is 18.3 Å². The average Bonchev–Trinajstić information content (AvgIpc) is 3.64. The summed E-state index contributed by atoms with van der Waals surface area (Å²) in [5.41, 5.74) is -2.34. The maximum Gasteiger partial charge on any atom is 0.410 e. The number of likely N-dealkylation sites (tertiary alicyclic amines) is 1. The second-order valence-corrected chi connectivity index (χ2v) is 15.3. The first-order valence-corrected chi connectivity index (χ1v) is 19.3. The minimum atomic E-state index is -4.23. The first-order chi connectivity index (χ1) is 24.9. The molecule has 1 saturated heterocycles. The van der Waals surface area contributed by atoms with Crippen LogP contribution in [0.2, 0.25) is 5.15 Å². The van der Waals surface area contributed by atoms with Gasteiger partial charge in [-0.05, 0) is 96.9 Å². The largest absolute Gasteiger partial charge is 0.477 e. The average molecular weight is 784 g/mol. The van der Waals surface area contributed by atoms with Crippen molar-refractivity contribution in [2.24, 2.45) is 11.3 Å². The predicted octanol–water partition coefficient (Wildman–Crippen LogP) is 9.75. The quantitative estimate of drug-likeness (QED) is 0.137. The Balaban J connectivity index is 0.00000183. The first kappa shape index (κ1) is 43.7. The van der Waals surface area contributed by atoms with Gasteiger partial charge in [-0.15, -0.1) is 5.10 Å². The molecule has 1 atom stereocenters. The molecule has 16 heteroatoms. The third-order valence-electron chi connectivity index (χ3n) is 8.57. The fourth-order valence-corrected chi connectivity index (χ4v) is 6.59. The van der Waals surface area contributed by atoms with Gasteiger partial charge in [0.25, 0.3) is 5.91 Å². The Labute approximate surface area is 320 Å². The smallest absolute Gasteiger partial charge is 0.410 e. The minimum absolute atomic E-state index is 0.0573. The van der Waals surface area contributed by atoms with Gasteiger partial charge in [0.1, 0.15) is 21.6 Å². The number of rotatable bonds is 12. The van der Waals surface area contributed by atoms with Crippen LogP contribution < -0.4 is 14.8 Å². The van der Waals surface area contributed by atoms with Crippen LogP contribution >= 0.6 is 23.5 Å². The van der Waals surface area contributed by atoms with E-state index < -0.39 is 23.1 Å². The second kappa shape index (κ2) is 18.5. The van der Waals surface area contributed by atoms with E-state index in [1.165, 1.54) is 16.8 Å². The van der Waals surface area contributed by atoms with Crippen molar-refractivity contribution < 1.29 is 32.2 Å². The standard InChI is InChI=1S/C33H41ClF3N7O4S.2C2H6/c1-30(2,3)48-29(46)43-20-21(19-31(43,4)5)11-16-38-23-7-6-8-26(39-23)49-42-28(45)22-9-10-24(40-27(22)34)44-17-12-25(41-44)47-18-15-32(13-14-32)33(35,36)37;2*1-2/h6-10,12,17,21H,11,13-16,18-20H2,1-5H3,(H,38,39)(H,42,45);2*1-2H3. The number of carbonyl (C=O) groups excluding carboxylic acids is 2. The molecule has 1 aliphatic heterocycles. The Kier molecular flexibility index (Phi) is 15.3. The Morgan fingerprint density at radius 1 is 1.04 bits per heavy atom. The van der Waals surface area contributed by atoms with Crippen molar-refractivity contribution in [3.63, 3.8) is 0 Å². The van der Waals surface area contributed by atoms with E-state index >= 15 is 0 Å². The van der Waals surface area contributed by atoms with Crippen LogP contribution in [0.15, 0.2) is 47.6 Å². The van der Waals surface area contributed by atoms with Gasteiger partial charge in [-0.1, -0.05) is 45.4 Å². The number of ether oxygens (including phenoxy) is 2. The van der Waals surface area contributed by atoms with E-state index in [0.29, 0.717) is 35.7 Å². The van der Waals surface area contributed by atoms with Gasteiger partial charge in [0, 0.05) is 42.8 Å². The lowest BCUT2D eigenvalue weighted by Gasteiger charge is -2.33. The molecular formula is C37H53ClF3N7O4S. The Morgan fingerprint density at radius 2 is 1.74 bits per heavy atom. The van der Waals surface area contributed by atoms with Crippen LogP contribution in [-0.2, 0) is 4.74 Å². The zero-order valence-corrected chi connectivity index (χ0v) is 33.6. The molecule has 1 aliphatic carbocycles. The summed E-state index contributed by atoms with van der Waals surface area (Å²) in [5.74, 6) is 0.949. The number of hydrogen-bond acceptors (Lipinski definition) is 9. The summed E-state index contributed by atoms with van der Waals surface area (Å²) >= 11 is 7.37. The summed E-state index contributed by atoms with van der Waals surface area (Å²) in [5, 5.41) is 8.04. The number of hydrogen-bond donors (Lipinski definition) is 2. The molecule has 0 radical (unpaired) electrons. The zero-order valence-electron chi connectivity index (χ0n) is 32.1. The SMILES string of the molecule is CC.CC.CC(C)(C)OC(=O)N1CC(CCNc2cccc(SNC(=O)c3ccc(-n4ccc(OCCC5(C(F)(F)F)CC5)n4)nc3Cl)n2)CC1(C)C. The van der Waals surface area contributed by atoms with Gasteiger partial charge < -0.3 is 19.7 Å². The van der Waals surface area contributed by atoms with Crippen molar-refractivity contribution >= 4 is 41.4 Å². The van der Waals surface area contributed by atoms with Crippen molar-refractivity contribution in [1.82, 2.24) is 29.4 Å². The van der Waals surface area contributed by atoms with Crippen LogP contribution in [0.1, 0.15) is 105 Å². The maximum atomic E-state index is 13.1. The number of halogens is 4. The van der Waals surface area contributed by atoms with Gasteiger partial charge >= 0.3 is 12.3 Å². The van der Waals surface area contributed by atoms with Crippen molar-refractivity contribution in [3.8, 4) is 11.7 Å². The van der Waals surface area contributed by atoms with Gasteiger partial charge in [-0.3, -0.25) is 9.52 Å². The lowest BCUT2D eigenvalue weighted by atomic mass is 9.94. The van der Waals surface area contributed by atoms with E-state index in [-0.39, 0.29) is 54.1 Å². The number of pyridine rings is 2. The molecule has 2 amide bonds. The number of carbonyl (C=O) groups is 2. The van der Waals surface area contributed by atoms with Crippen molar-refractivity contribution in [3.05, 3.63) is 53.3 Å². The van der Waals surface area contributed by atoms with E-state index in [9.17, 15) is 22.8 Å². The molecule has 3 aromatic heterocycles. The van der Waals surface area contributed by atoms with Crippen molar-refractivity contribution in [2.45, 2.75) is 117 Å². The minimum Gasteiger partial charge on any atom is -0.477 e. The lowest BCUT2D eigenvalue weighted by Crippen LogP contribution is -2.45. The number of amides is 2. The normalized spacial score (nSPS) is 17.1. The Morgan fingerprint density at radius 3 is 2.36 bits per heavy atom. The summed E-state index contributed by atoms with van der Waals surface area (Å²) in [6, 6.07) is 10.0. The highest BCUT2D eigenvalue weighted by molar-refractivity contribution is 7.97. The number of anilines is 1. The molecule has 1 unspecified atom stereocenters. The third kappa shape index (κ3) is 12.1. The molecule has 3 aromatic rings. The Bertz CT molecular complexity index is 1660. The van der Waals surface area contributed by atoms with Gasteiger partial charge in [0.2, 0.25) is 5.88 Å². The van der Waals surface area contributed by atoms with Crippen LogP contribution in [0.3, 0.4) is 0 Å². The van der Waals surface area contributed by atoms with Crippen LogP contribution in [0.25, 0.3) is 5.82 Å². The molecule has 0 aromatic carbocycles. The maximum absolute atomic E-state index is 13.1. The van der Waals surface area contributed by atoms with Crippen LogP contribution in [0, 0.1) is 11.3 Å². The summed E-state index contributed by atoms with van der Waals surface area (Å²) in [6.45, 7) is 18.9. The highest BCUT2D eigenvalue weighted by Crippen LogP contribution is 2.59. The molecule has 0 bridgehead atoms. The predicted molar refractivity (Wildman–Crippen MR) is 203 cm³/mol. The molecule has 53 heavy (non-hydrogen) atoms. The number of alkyl halides is 3. The molecule has 4 heterocycles. The second-order valence-electron chi connectivity index (χ2n) is 14.1. The topological polar surface area (TPSA) is 124 Å². The molecule has 2 fully saturated rings. The van der Waals surface area contributed by atoms with E-state index in [0.717, 1.165) is 24.8 Å². The molecule has 1 saturated carbocycles. The molecule has 2 N–H and O–H groups in total.